The molecule has 2 heterocycles. The lowest BCUT2D eigenvalue weighted by atomic mass is 10.1. The molecule has 0 atom stereocenters. The maximum atomic E-state index is 12.4. The molecule has 0 bridgehead atoms. The minimum atomic E-state index is 0.0169. The molecule has 0 unspecified atom stereocenters. The van der Waals surface area contributed by atoms with Crippen LogP contribution in [0.3, 0.4) is 0 Å². The number of nitrogens with zero attached hydrogens (tertiary/aromatic N) is 1. The number of fused-ring (bicyclic) bond motifs is 1. The van der Waals surface area contributed by atoms with Crippen LogP contribution < -0.4 is 4.74 Å². The van der Waals surface area contributed by atoms with E-state index in [-0.39, 0.29) is 5.91 Å². The Morgan fingerprint density at radius 2 is 2.23 bits per heavy atom. The highest BCUT2D eigenvalue weighted by atomic mass is 32.2. The van der Waals surface area contributed by atoms with E-state index in [1.807, 2.05) is 30.3 Å². The van der Waals surface area contributed by atoms with Crippen LogP contribution in [0.2, 0.25) is 0 Å². The standard InChI is InChI=1S/C17H17NO2S2/c1-2-3-8-18-16(19)15(22-17(18)21)10-12-9-13-6-4-5-7-14(13)20-11-12/h4-7,9-10H,2-3,8,11H2,1H3. The third-order valence-electron chi connectivity index (χ3n) is 3.58. The van der Waals surface area contributed by atoms with Crippen LogP contribution >= 0.6 is 24.0 Å². The quantitative estimate of drug-likeness (QED) is 0.616. The van der Waals surface area contributed by atoms with Crippen molar-refractivity contribution in [2.75, 3.05) is 13.2 Å². The first-order chi connectivity index (χ1) is 10.7. The molecule has 1 saturated heterocycles. The van der Waals surface area contributed by atoms with E-state index >= 15 is 0 Å². The molecule has 3 nitrogen and oxygen atoms in total. The number of benzene rings is 1. The van der Waals surface area contributed by atoms with Crippen molar-refractivity contribution in [1.82, 2.24) is 4.90 Å². The molecule has 2 aliphatic rings. The number of carbonyl (C=O) groups is 1. The minimum Gasteiger partial charge on any atom is -0.488 e. The molecular formula is C17H17NO2S2. The van der Waals surface area contributed by atoms with Gasteiger partial charge in [-0.05, 0) is 30.2 Å². The maximum Gasteiger partial charge on any atom is 0.266 e. The summed E-state index contributed by atoms with van der Waals surface area (Å²) in [5.41, 5.74) is 2.04. The largest absolute Gasteiger partial charge is 0.488 e. The number of amides is 1. The van der Waals surface area contributed by atoms with Crippen LogP contribution in [-0.4, -0.2) is 28.3 Å². The summed E-state index contributed by atoms with van der Waals surface area (Å²) in [7, 11) is 0. The monoisotopic (exact) mass is 331 g/mol. The molecule has 1 aromatic carbocycles. The molecule has 0 aromatic heterocycles. The Morgan fingerprint density at radius 3 is 3.05 bits per heavy atom. The number of unbranched alkanes of at least 4 members (excludes halogenated alkanes) is 1. The Morgan fingerprint density at radius 1 is 1.41 bits per heavy atom. The molecule has 5 heteroatoms. The lowest BCUT2D eigenvalue weighted by Gasteiger charge is -2.16. The minimum absolute atomic E-state index is 0.0169. The number of thioether (sulfide) groups is 1. The topological polar surface area (TPSA) is 29.5 Å². The zero-order valence-electron chi connectivity index (χ0n) is 12.4. The third-order valence-corrected chi connectivity index (χ3v) is 4.96. The van der Waals surface area contributed by atoms with Crippen LogP contribution in [0.4, 0.5) is 0 Å². The molecule has 0 aliphatic carbocycles. The summed E-state index contributed by atoms with van der Waals surface area (Å²) in [4.78, 5) is 14.8. The van der Waals surface area contributed by atoms with Gasteiger partial charge >= 0.3 is 0 Å². The van der Waals surface area contributed by atoms with Crippen LogP contribution in [0.25, 0.3) is 6.08 Å². The predicted molar refractivity (Wildman–Crippen MR) is 94.8 cm³/mol. The van der Waals surface area contributed by atoms with Crippen molar-refractivity contribution in [1.29, 1.82) is 0 Å². The summed E-state index contributed by atoms with van der Waals surface area (Å²) in [6, 6.07) is 7.89. The summed E-state index contributed by atoms with van der Waals surface area (Å²) in [6.45, 7) is 3.29. The highest BCUT2D eigenvalue weighted by molar-refractivity contribution is 8.26. The fourth-order valence-electron chi connectivity index (χ4n) is 2.39. The molecular weight excluding hydrogens is 314 g/mol. The average Bonchev–Trinajstić information content (AvgIpc) is 2.79. The van der Waals surface area contributed by atoms with Crippen molar-refractivity contribution >= 4 is 40.3 Å². The second kappa shape index (κ2) is 6.67. The molecule has 0 N–H and O–H groups in total. The van der Waals surface area contributed by atoms with E-state index in [1.165, 1.54) is 11.8 Å². The molecule has 1 aromatic rings. The van der Waals surface area contributed by atoms with E-state index in [1.54, 1.807) is 4.90 Å². The highest BCUT2D eigenvalue weighted by Gasteiger charge is 2.31. The lowest BCUT2D eigenvalue weighted by Crippen LogP contribution is -2.28. The molecule has 0 saturated carbocycles. The SMILES string of the molecule is CCCCN1C(=O)C(=CC2=Cc3ccccc3OC2)SC1=S. The molecule has 1 fully saturated rings. The second-order valence-electron chi connectivity index (χ2n) is 5.23. The van der Waals surface area contributed by atoms with Gasteiger partial charge in [0.2, 0.25) is 0 Å². The number of hydrogen-bond acceptors (Lipinski definition) is 4. The first-order valence-corrected chi connectivity index (χ1v) is 8.59. The summed E-state index contributed by atoms with van der Waals surface area (Å²) in [6.07, 6.45) is 5.99. The zero-order valence-corrected chi connectivity index (χ0v) is 14.0. The maximum absolute atomic E-state index is 12.4. The number of hydrogen-bond donors (Lipinski definition) is 0. The molecule has 1 amide bonds. The normalized spacial score (nSPS) is 19.2. The van der Waals surface area contributed by atoms with Crippen molar-refractivity contribution in [3.8, 4) is 5.75 Å². The Hall–Kier alpha value is -1.59. The van der Waals surface area contributed by atoms with Crippen molar-refractivity contribution in [3.05, 3.63) is 46.4 Å². The van der Waals surface area contributed by atoms with E-state index in [0.29, 0.717) is 22.4 Å². The van der Waals surface area contributed by atoms with E-state index in [9.17, 15) is 4.79 Å². The van der Waals surface area contributed by atoms with Crippen LogP contribution in [0, 0.1) is 0 Å². The van der Waals surface area contributed by atoms with Crippen molar-refractivity contribution in [2.45, 2.75) is 19.8 Å². The Bertz CT molecular complexity index is 679. The van der Waals surface area contributed by atoms with Crippen molar-refractivity contribution in [2.24, 2.45) is 0 Å². The lowest BCUT2D eigenvalue weighted by molar-refractivity contribution is -0.122. The molecule has 0 spiro atoms. The molecule has 2 aliphatic heterocycles. The van der Waals surface area contributed by atoms with Gasteiger partial charge in [-0.1, -0.05) is 55.5 Å². The number of rotatable bonds is 4. The van der Waals surface area contributed by atoms with Gasteiger partial charge in [-0.25, -0.2) is 0 Å². The smallest absolute Gasteiger partial charge is 0.266 e. The summed E-state index contributed by atoms with van der Waals surface area (Å²) in [5, 5.41) is 0. The summed E-state index contributed by atoms with van der Waals surface area (Å²) in [5.74, 6) is 0.901. The van der Waals surface area contributed by atoms with Gasteiger partial charge in [-0.2, -0.15) is 0 Å². The summed E-state index contributed by atoms with van der Waals surface area (Å²) >= 11 is 6.69. The van der Waals surface area contributed by atoms with Gasteiger partial charge in [0.15, 0.2) is 0 Å². The van der Waals surface area contributed by atoms with Crippen molar-refractivity contribution in [3.63, 3.8) is 0 Å². The first-order valence-electron chi connectivity index (χ1n) is 7.37. The van der Waals surface area contributed by atoms with Crippen molar-refractivity contribution < 1.29 is 9.53 Å². The van der Waals surface area contributed by atoms with Gasteiger partial charge in [0.1, 0.15) is 16.7 Å². The van der Waals surface area contributed by atoms with Crippen LogP contribution in [0.15, 0.2) is 40.8 Å². The van der Waals surface area contributed by atoms with Crippen LogP contribution in [-0.2, 0) is 4.79 Å². The molecule has 22 heavy (non-hydrogen) atoms. The van der Waals surface area contributed by atoms with E-state index in [4.69, 9.17) is 17.0 Å². The number of para-hydroxylation sites is 1. The summed E-state index contributed by atoms with van der Waals surface area (Å²) < 4.78 is 6.38. The van der Waals surface area contributed by atoms with Crippen LogP contribution in [0.1, 0.15) is 25.3 Å². The molecule has 0 radical (unpaired) electrons. The van der Waals surface area contributed by atoms with E-state index < -0.39 is 0 Å². The number of thiocarbonyl (C=S) groups is 1. The number of carbonyl (C=O) groups excluding carboxylic acids is 1. The van der Waals surface area contributed by atoms with Gasteiger partial charge in [-0.15, -0.1) is 0 Å². The fraction of sp³-hybridized carbons (Fsp3) is 0.294. The average molecular weight is 331 g/mol. The van der Waals surface area contributed by atoms with Gasteiger partial charge in [-0.3, -0.25) is 9.69 Å². The predicted octanol–water partition coefficient (Wildman–Crippen LogP) is 4.01. The van der Waals surface area contributed by atoms with Gasteiger partial charge in [0.05, 0.1) is 4.91 Å². The van der Waals surface area contributed by atoms with Crippen LogP contribution in [0.5, 0.6) is 5.75 Å². The number of ether oxygens (including phenoxy) is 1. The Balaban J connectivity index is 1.80. The van der Waals surface area contributed by atoms with Gasteiger partial charge in [0, 0.05) is 12.1 Å². The second-order valence-corrected chi connectivity index (χ2v) is 6.91. The zero-order chi connectivity index (χ0) is 15.5. The Labute approximate surface area is 140 Å². The third kappa shape index (κ3) is 3.10. The van der Waals surface area contributed by atoms with Gasteiger partial charge in [0.25, 0.3) is 5.91 Å². The highest BCUT2D eigenvalue weighted by Crippen LogP contribution is 2.34. The molecule has 114 valence electrons. The first kappa shape index (κ1) is 15.3. The van der Waals surface area contributed by atoms with Gasteiger partial charge < -0.3 is 4.74 Å². The van der Waals surface area contributed by atoms with E-state index in [2.05, 4.69) is 13.0 Å². The molecule has 3 rings (SSSR count). The van der Waals surface area contributed by atoms with E-state index in [0.717, 1.165) is 29.7 Å². The fourth-order valence-corrected chi connectivity index (χ4v) is 3.72. The Kier molecular flexibility index (Phi) is 4.64.